The van der Waals surface area contributed by atoms with E-state index in [0.29, 0.717) is 11.0 Å². The lowest BCUT2D eigenvalue weighted by molar-refractivity contribution is 0.409. The summed E-state index contributed by atoms with van der Waals surface area (Å²) >= 11 is 5.48. The van der Waals surface area contributed by atoms with Crippen molar-refractivity contribution in [3.63, 3.8) is 0 Å². The van der Waals surface area contributed by atoms with E-state index in [9.17, 15) is 0 Å². The molecular weight excluding hydrogens is 340 g/mol. The quantitative estimate of drug-likeness (QED) is 0.618. The van der Waals surface area contributed by atoms with Crippen molar-refractivity contribution in [3.8, 4) is 5.75 Å². The summed E-state index contributed by atoms with van der Waals surface area (Å²) in [5, 5.41) is 7.32. The minimum atomic E-state index is 0.506. The molecule has 2 N–H and O–H groups in total. The van der Waals surface area contributed by atoms with Gasteiger partial charge in [0.1, 0.15) is 5.75 Å². The molecule has 0 aliphatic rings. The van der Waals surface area contributed by atoms with Gasteiger partial charge in [-0.25, -0.2) is 0 Å². The number of para-hydroxylation sites is 1. The number of rotatable bonds is 8. The van der Waals surface area contributed by atoms with Crippen LogP contribution >= 0.6 is 12.2 Å². The van der Waals surface area contributed by atoms with Gasteiger partial charge in [-0.1, -0.05) is 51.1 Å². The molecule has 1 atom stereocenters. The molecule has 26 heavy (non-hydrogen) atoms. The van der Waals surface area contributed by atoms with Crippen molar-refractivity contribution in [2.24, 2.45) is 0 Å². The highest BCUT2D eigenvalue weighted by molar-refractivity contribution is 7.80. The molecule has 2 aromatic carbocycles. The molecule has 0 radical (unpaired) electrons. The van der Waals surface area contributed by atoms with E-state index in [1.165, 1.54) is 16.7 Å². The van der Waals surface area contributed by atoms with Gasteiger partial charge in [0.15, 0.2) is 5.11 Å². The Hall–Kier alpha value is -2.07. The third kappa shape index (κ3) is 5.46. The minimum Gasteiger partial charge on any atom is -0.496 e. The molecule has 0 aliphatic heterocycles. The first kappa shape index (κ1) is 20.2. The maximum Gasteiger partial charge on any atom is 0.170 e. The molecule has 1 unspecified atom stereocenters. The largest absolute Gasteiger partial charge is 0.496 e. The van der Waals surface area contributed by atoms with Crippen LogP contribution in [0.4, 0.5) is 5.69 Å². The number of hydrogen-bond acceptors (Lipinski definition) is 2. The van der Waals surface area contributed by atoms with Crippen molar-refractivity contribution in [1.29, 1.82) is 0 Å². The highest BCUT2D eigenvalue weighted by Gasteiger charge is 2.09. The van der Waals surface area contributed by atoms with Crippen LogP contribution in [0.3, 0.4) is 0 Å². The molecule has 2 rings (SSSR count). The topological polar surface area (TPSA) is 33.3 Å². The van der Waals surface area contributed by atoms with Crippen molar-refractivity contribution in [3.05, 3.63) is 59.2 Å². The SMILES string of the molecule is CCc1ccc(CCNC(=S)Nc2ccccc2C(C)CC)cc1OC. The second kappa shape index (κ2) is 10.2. The molecule has 2 aromatic rings. The zero-order chi connectivity index (χ0) is 18.9. The third-order valence-electron chi connectivity index (χ3n) is 4.78. The molecule has 0 bridgehead atoms. The molecule has 0 fully saturated rings. The monoisotopic (exact) mass is 370 g/mol. The Bertz CT molecular complexity index is 730. The highest BCUT2D eigenvalue weighted by Crippen LogP contribution is 2.26. The van der Waals surface area contributed by atoms with Crippen LogP contribution < -0.4 is 15.4 Å². The van der Waals surface area contributed by atoms with Crippen LogP contribution in [0.1, 0.15) is 49.8 Å². The van der Waals surface area contributed by atoms with E-state index in [2.05, 4.69) is 67.8 Å². The Morgan fingerprint density at radius 1 is 1.15 bits per heavy atom. The average molecular weight is 371 g/mol. The molecule has 140 valence electrons. The van der Waals surface area contributed by atoms with Crippen LogP contribution in [0.15, 0.2) is 42.5 Å². The van der Waals surface area contributed by atoms with Crippen molar-refractivity contribution in [2.45, 2.75) is 46.0 Å². The Balaban J connectivity index is 1.90. The average Bonchev–Trinajstić information content (AvgIpc) is 2.67. The summed E-state index contributed by atoms with van der Waals surface area (Å²) in [6.07, 6.45) is 2.98. The van der Waals surface area contributed by atoms with E-state index in [1.807, 2.05) is 6.07 Å². The summed E-state index contributed by atoms with van der Waals surface area (Å²) < 4.78 is 5.47. The summed E-state index contributed by atoms with van der Waals surface area (Å²) in [7, 11) is 1.73. The molecule has 0 saturated carbocycles. The molecule has 4 heteroatoms. The molecule has 3 nitrogen and oxygen atoms in total. The van der Waals surface area contributed by atoms with Gasteiger partial charge in [0.05, 0.1) is 7.11 Å². The van der Waals surface area contributed by atoms with Crippen LogP contribution in [0, 0.1) is 0 Å². The number of benzene rings is 2. The van der Waals surface area contributed by atoms with Gasteiger partial charge in [0, 0.05) is 12.2 Å². The Morgan fingerprint density at radius 2 is 1.92 bits per heavy atom. The van der Waals surface area contributed by atoms with Crippen molar-refractivity contribution in [1.82, 2.24) is 5.32 Å². The first-order valence-electron chi connectivity index (χ1n) is 9.38. The van der Waals surface area contributed by atoms with E-state index in [0.717, 1.165) is 37.2 Å². The van der Waals surface area contributed by atoms with Gasteiger partial charge in [-0.05, 0) is 66.2 Å². The van der Waals surface area contributed by atoms with Crippen molar-refractivity contribution < 1.29 is 4.74 Å². The van der Waals surface area contributed by atoms with E-state index in [4.69, 9.17) is 17.0 Å². The summed E-state index contributed by atoms with van der Waals surface area (Å²) in [6.45, 7) is 7.37. The summed E-state index contributed by atoms with van der Waals surface area (Å²) in [4.78, 5) is 0. The lowest BCUT2D eigenvalue weighted by atomic mass is 9.97. The molecule has 0 saturated heterocycles. The van der Waals surface area contributed by atoms with Crippen LogP contribution in [0.2, 0.25) is 0 Å². The fraction of sp³-hybridized carbons (Fsp3) is 0.409. The number of nitrogens with one attached hydrogen (secondary N) is 2. The first-order chi connectivity index (χ1) is 12.6. The Labute approximate surface area is 163 Å². The van der Waals surface area contributed by atoms with Gasteiger partial charge in [0.2, 0.25) is 0 Å². The van der Waals surface area contributed by atoms with Gasteiger partial charge in [-0.2, -0.15) is 0 Å². The maximum absolute atomic E-state index is 5.48. The van der Waals surface area contributed by atoms with Gasteiger partial charge >= 0.3 is 0 Å². The first-order valence-corrected chi connectivity index (χ1v) is 9.79. The lowest BCUT2D eigenvalue weighted by Gasteiger charge is -2.17. The van der Waals surface area contributed by atoms with Crippen LogP contribution in [-0.2, 0) is 12.8 Å². The van der Waals surface area contributed by atoms with E-state index < -0.39 is 0 Å². The molecule has 0 heterocycles. The number of hydrogen-bond donors (Lipinski definition) is 2. The normalized spacial score (nSPS) is 11.7. The summed E-state index contributed by atoms with van der Waals surface area (Å²) in [6, 6.07) is 14.8. The highest BCUT2D eigenvalue weighted by atomic mass is 32.1. The molecule has 0 spiro atoms. The predicted molar refractivity (Wildman–Crippen MR) is 115 cm³/mol. The van der Waals surface area contributed by atoms with Gasteiger partial charge in [-0.15, -0.1) is 0 Å². The Morgan fingerprint density at radius 3 is 2.62 bits per heavy atom. The molecule has 0 aromatic heterocycles. The van der Waals surface area contributed by atoms with E-state index in [-0.39, 0.29) is 0 Å². The smallest absolute Gasteiger partial charge is 0.170 e. The van der Waals surface area contributed by atoms with Crippen molar-refractivity contribution in [2.75, 3.05) is 19.0 Å². The second-order valence-corrected chi connectivity index (χ2v) is 6.94. The zero-order valence-corrected chi connectivity index (χ0v) is 17.1. The molecule has 0 aliphatic carbocycles. The molecular formula is C22H30N2OS. The predicted octanol–water partition coefficient (Wildman–Crippen LogP) is 5.30. The fourth-order valence-corrected chi connectivity index (χ4v) is 3.20. The van der Waals surface area contributed by atoms with Gasteiger partial charge < -0.3 is 15.4 Å². The summed E-state index contributed by atoms with van der Waals surface area (Å²) in [5.74, 6) is 1.47. The van der Waals surface area contributed by atoms with Crippen molar-refractivity contribution >= 4 is 23.0 Å². The lowest BCUT2D eigenvalue weighted by Crippen LogP contribution is -2.30. The zero-order valence-electron chi connectivity index (χ0n) is 16.3. The number of aryl methyl sites for hydroxylation is 1. The van der Waals surface area contributed by atoms with Crippen LogP contribution in [0.5, 0.6) is 5.75 Å². The number of anilines is 1. The van der Waals surface area contributed by atoms with Crippen LogP contribution in [0.25, 0.3) is 0 Å². The standard InChI is InChI=1S/C22H30N2OS/c1-5-16(3)19-9-7-8-10-20(19)24-22(26)23-14-13-17-11-12-18(6-2)21(15-17)25-4/h7-12,15-16H,5-6,13-14H2,1-4H3,(H2,23,24,26). The van der Waals surface area contributed by atoms with E-state index in [1.54, 1.807) is 7.11 Å². The van der Waals surface area contributed by atoms with Gasteiger partial charge in [-0.3, -0.25) is 0 Å². The van der Waals surface area contributed by atoms with Crippen LogP contribution in [-0.4, -0.2) is 18.8 Å². The third-order valence-corrected chi connectivity index (χ3v) is 5.03. The second-order valence-electron chi connectivity index (χ2n) is 6.53. The molecule has 0 amide bonds. The number of thiocarbonyl (C=S) groups is 1. The minimum absolute atomic E-state index is 0.506. The fourth-order valence-electron chi connectivity index (χ4n) is 2.98. The van der Waals surface area contributed by atoms with Gasteiger partial charge in [0.25, 0.3) is 0 Å². The Kier molecular flexibility index (Phi) is 7.92. The summed E-state index contributed by atoms with van der Waals surface area (Å²) in [5.41, 5.74) is 4.88. The number of ether oxygens (including phenoxy) is 1. The number of methoxy groups -OCH3 is 1. The maximum atomic E-state index is 5.48. The van der Waals surface area contributed by atoms with E-state index >= 15 is 0 Å².